The molecule has 0 saturated heterocycles. The number of para-hydroxylation sites is 1. The lowest BCUT2D eigenvalue weighted by Gasteiger charge is -2.47. The molecule has 44 heavy (non-hydrogen) atoms. The number of fused-ring (bicyclic) bond motifs is 6. The number of benzene rings is 3. The zero-order valence-corrected chi connectivity index (χ0v) is 26.4. The van der Waals surface area contributed by atoms with Gasteiger partial charge >= 0.3 is 0 Å². The van der Waals surface area contributed by atoms with Gasteiger partial charge in [0.05, 0.1) is 45.8 Å². The van der Waals surface area contributed by atoms with E-state index in [2.05, 4.69) is 85.8 Å². The molecule has 1 spiro atoms. The lowest BCUT2D eigenvalue weighted by Crippen LogP contribution is -2.41. The van der Waals surface area contributed by atoms with Gasteiger partial charge in [-0.05, 0) is 77.7 Å². The molecule has 214 valence electrons. The topological polar surface area (TPSA) is 17.3 Å². The van der Waals surface area contributed by atoms with Crippen LogP contribution in [0.5, 0.6) is 0 Å². The van der Waals surface area contributed by atoms with E-state index in [0.717, 1.165) is 29.7 Å². The summed E-state index contributed by atoms with van der Waals surface area (Å²) in [7, 11) is 20.7. The van der Waals surface area contributed by atoms with E-state index in [1.807, 2.05) is 12.3 Å². The maximum atomic E-state index is 7.25. The first-order chi connectivity index (χ1) is 21.0. The molecule has 3 aromatic carbocycles. The molecule has 0 atom stereocenters. The van der Waals surface area contributed by atoms with Crippen LogP contribution in [0.1, 0.15) is 89.7 Å². The van der Waals surface area contributed by atoms with Gasteiger partial charge in [0.1, 0.15) is 0 Å². The summed E-state index contributed by atoms with van der Waals surface area (Å²) < 4.78 is 2.44. The fourth-order valence-electron chi connectivity index (χ4n) is 8.64. The van der Waals surface area contributed by atoms with E-state index >= 15 is 0 Å². The highest BCUT2D eigenvalue weighted by Gasteiger charge is 2.41. The lowest BCUT2D eigenvalue weighted by molar-refractivity contribution is 0.105. The third-order valence-corrected chi connectivity index (χ3v) is 11.8. The highest BCUT2D eigenvalue weighted by atomic mass is 14.9. The van der Waals surface area contributed by atoms with Crippen molar-refractivity contribution in [3.63, 3.8) is 0 Å². The van der Waals surface area contributed by atoms with Gasteiger partial charge in [0.25, 0.3) is 0 Å². The molecule has 2 nitrogen and oxygen atoms in total. The number of aromatic nitrogens is 2. The molecular weight excluding hydrogens is 529 g/mol. The third-order valence-electron chi connectivity index (χ3n) is 11.8. The Labute approximate surface area is 265 Å². The van der Waals surface area contributed by atoms with Crippen molar-refractivity contribution in [3.8, 4) is 11.3 Å². The number of hydrogen-bond donors (Lipinski definition) is 0. The Kier molecular flexibility index (Phi) is 6.21. The Balaban J connectivity index is 1.26. The monoisotopic (exact) mass is 568 g/mol. The van der Waals surface area contributed by atoms with Gasteiger partial charge in [0.15, 0.2) is 0 Å². The molecular formula is C39H39B3N2. The maximum Gasteiger partial charge on any atom is 0.0810 e. The Morgan fingerprint density at radius 2 is 1.45 bits per heavy atom. The zero-order valence-electron chi connectivity index (χ0n) is 26.4. The molecule has 0 amide bonds. The standard InChI is InChI=1S/C39H39B3N2/c1-36(2,3)39(41,42)26-15-22-43-31(24-26)28-10-8-12-33-34(28)29-11-7-9-27-30-23-25(13-14-32(30)44(33)35(27)29)38(40)20-18-37(19-21-38)16-5-4-6-17-37/h7-15,22-24H,4-6,16-21H2,1-3H3. The minimum absolute atomic E-state index is 0.247. The van der Waals surface area contributed by atoms with E-state index in [0.29, 0.717) is 5.41 Å². The van der Waals surface area contributed by atoms with Crippen LogP contribution in [0.3, 0.4) is 0 Å². The molecule has 5 heteroatoms. The van der Waals surface area contributed by atoms with E-state index < -0.39 is 5.21 Å². The second kappa shape index (κ2) is 9.65. The van der Waals surface area contributed by atoms with Crippen LogP contribution in [0.25, 0.3) is 49.4 Å². The second-order valence-electron chi connectivity index (χ2n) is 15.2. The Morgan fingerprint density at radius 1 is 0.727 bits per heavy atom. The van der Waals surface area contributed by atoms with Gasteiger partial charge < -0.3 is 4.40 Å². The molecule has 6 radical (unpaired) electrons. The van der Waals surface area contributed by atoms with E-state index in [9.17, 15) is 0 Å². The molecule has 0 unspecified atom stereocenters. The van der Waals surface area contributed by atoms with Crippen molar-refractivity contribution in [3.05, 3.63) is 84.1 Å². The molecule has 0 aliphatic heterocycles. The van der Waals surface area contributed by atoms with Crippen molar-refractivity contribution in [2.45, 2.75) is 89.1 Å². The average molecular weight is 568 g/mol. The lowest BCUT2D eigenvalue weighted by atomic mass is 9.41. The molecule has 3 aromatic heterocycles. The smallest absolute Gasteiger partial charge is 0.0810 e. The third kappa shape index (κ3) is 4.06. The predicted molar refractivity (Wildman–Crippen MR) is 188 cm³/mol. The summed E-state index contributed by atoms with van der Waals surface area (Å²) in [6.07, 6.45) is 13.5. The fraction of sp³-hybridized carbons (Fsp3) is 0.410. The molecule has 2 saturated carbocycles. The number of rotatable bonds is 3. The SMILES string of the molecule is [B]C1(c2ccc3c(c2)c2cccc4c5c(-c6cc(C([B])([B])C(C)(C)C)ccn6)cccc5n3c24)CCC2(CCCCC2)CC1. The van der Waals surface area contributed by atoms with Crippen LogP contribution in [0.2, 0.25) is 0 Å². The Bertz CT molecular complexity index is 2030. The van der Waals surface area contributed by atoms with Crippen LogP contribution >= 0.6 is 0 Å². The van der Waals surface area contributed by atoms with Crippen LogP contribution in [-0.4, -0.2) is 32.9 Å². The normalized spacial score (nSPS) is 19.1. The van der Waals surface area contributed by atoms with Crippen LogP contribution in [0.4, 0.5) is 0 Å². The summed E-state index contributed by atoms with van der Waals surface area (Å²) in [6, 6.07) is 24.3. The molecule has 2 aliphatic rings. The van der Waals surface area contributed by atoms with Crippen LogP contribution in [-0.2, 0) is 10.5 Å². The minimum atomic E-state index is -0.989. The molecule has 0 N–H and O–H groups in total. The van der Waals surface area contributed by atoms with Crippen LogP contribution < -0.4 is 0 Å². The molecule has 3 heterocycles. The number of pyridine rings is 1. The summed E-state index contributed by atoms with van der Waals surface area (Å²) in [5, 5.41) is 3.78. The van der Waals surface area contributed by atoms with Gasteiger partial charge in [-0.1, -0.05) is 100 Å². The highest BCUT2D eigenvalue weighted by Crippen LogP contribution is 2.53. The molecule has 2 fully saturated rings. The van der Waals surface area contributed by atoms with E-state index in [1.165, 1.54) is 88.6 Å². The number of hydrogen-bond acceptors (Lipinski definition) is 1. The van der Waals surface area contributed by atoms with Crippen molar-refractivity contribution >= 4 is 61.6 Å². The highest BCUT2D eigenvalue weighted by molar-refractivity contribution is 6.40. The van der Waals surface area contributed by atoms with Crippen molar-refractivity contribution in [1.82, 2.24) is 9.38 Å². The van der Waals surface area contributed by atoms with Gasteiger partial charge in [-0.3, -0.25) is 4.98 Å². The summed E-state index contributed by atoms with van der Waals surface area (Å²) in [4.78, 5) is 4.82. The maximum absolute atomic E-state index is 7.25. The first-order valence-corrected chi connectivity index (χ1v) is 16.6. The van der Waals surface area contributed by atoms with E-state index in [1.54, 1.807) is 0 Å². The van der Waals surface area contributed by atoms with Crippen molar-refractivity contribution in [1.29, 1.82) is 0 Å². The van der Waals surface area contributed by atoms with Gasteiger partial charge in [0.2, 0.25) is 0 Å². The molecule has 8 rings (SSSR count). The van der Waals surface area contributed by atoms with Crippen LogP contribution in [0, 0.1) is 10.8 Å². The fourth-order valence-corrected chi connectivity index (χ4v) is 8.64. The molecule has 6 aromatic rings. The molecule has 2 aliphatic carbocycles. The van der Waals surface area contributed by atoms with E-state index in [-0.39, 0.29) is 10.7 Å². The summed E-state index contributed by atoms with van der Waals surface area (Å²) >= 11 is 0. The van der Waals surface area contributed by atoms with Gasteiger partial charge in [0, 0.05) is 33.3 Å². The van der Waals surface area contributed by atoms with Crippen molar-refractivity contribution in [2.75, 3.05) is 0 Å². The van der Waals surface area contributed by atoms with Crippen LogP contribution in [0.15, 0.2) is 72.9 Å². The van der Waals surface area contributed by atoms with E-state index in [4.69, 9.17) is 28.5 Å². The largest absolute Gasteiger partial charge is 0.308 e. The quantitative estimate of drug-likeness (QED) is 0.195. The summed E-state index contributed by atoms with van der Waals surface area (Å²) in [5.74, 6) is 0. The Morgan fingerprint density at radius 3 is 2.20 bits per heavy atom. The minimum Gasteiger partial charge on any atom is -0.308 e. The zero-order chi connectivity index (χ0) is 30.5. The summed E-state index contributed by atoms with van der Waals surface area (Å²) in [6.45, 7) is 6.23. The average Bonchev–Trinajstić information content (AvgIpc) is 3.55. The first kappa shape index (κ1) is 28.3. The second-order valence-corrected chi connectivity index (χ2v) is 15.2. The van der Waals surface area contributed by atoms with Gasteiger partial charge in [-0.25, -0.2) is 0 Å². The van der Waals surface area contributed by atoms with Gasteiger partial charge in [-0.15, -0.1) is 0 Å². The predicted octanol–water partition coefficient (Wildman–Crippen LogP) is 9.32. The first-order valence-electron chi connectivity index (χ1n) is 16.6. The number of nitrogens with zero attached hydrogens (tertiary/aromatic N) is 2. The van der Waals surface area contributed by atoms with Crippen molar-refractivity contribution in [2.24, 2.45) is 10.8 Å². The van der Waals surface area contributed by atoms with Crippen molar-refractivity contribution < 1.29 is 0 Å². The summed E-state index contributed by atoms with van der Waals surface area (Å²) in [5.41, 5.74) is 8.06. The Hall–Kier alpha value is -3.20. The molecule has 0 bridgehead atoms. The van der Waals surface area contributed by atoms with Gasteiger partial charge in [-0.2, -0.15) is 0 Å².